The van der Waals surface area contributed by atoms with Gasteiger partial charge in [0.25, 0.3) is 0 Å². The standard InChI is InChI=1S/C15H18O2/c1-11-8-13(10-14(11)15(16)17-2)9-12-6-4-3-5-7-12/h3-7,9,11,14H,8,10H2,1-2H3/b13-9-. The van der Waals surface area contributed by atoms with E-state index in [-0.39, 0.29) is 11.9 Å². The molecule has 2 rings (SSSR count). The van der Waals surface area contributed by atoms with Crippen LogP contribution in [0.2, 0.25) is 0 Å². The highest BCUT2D eigenvalue weighted by Gasteiger charge is 2.33. The second-order valence-electron chi connectivity index (χ2n) is 4.73. The summed E-state index contributed by atoms with van der Waals surface area (Å²) in [4.78, 5) is 11.6. The second kappa shape index (κ2) is 5.17. The number of hydrogen-bond donors (Lipinski definition) is 0. The molecule has 1 aliphatic carbocycles. The van der Waals surface area contributed by atoms with Crippen molar-refractivity contribution in [2.75, 3.05) is 7.11 Å². The van der Waals surface area contributed by atoms with E-state index in [4.69, 9.17) is 4.74 Å². The van der Waals surface area contributed by atoms with Crippen LogP contribution in [0.15, 0.2) is 35.9 Å². The lowest BCUT2D eigenvalue weighted by molar-refractivity contribution is -0.146. The molecule has 1 aromatic carbocycles. The summed E-state index contributed by atoms with van der Waals surface area (Å²) in [5.74, 6) is 0.348. The predicted octanol–water partition coefficient (Wildman–Crippen LogP) is 3.29. The summed E-state index contributed by atoms with van der Waals surface area (Å²) in [6.45, 7) is 2.12. The monoisotopic (exact) mass is 230 g/mol. The Morgan fingerprint density at radius 2 is 2.00 bits per heavy atom. The molecule has 0 saturated heterocycles. The summed E-state index contributed by atoms with van der Waals surface area (Å²) in [5.41, 5.74) is 2.55. The van der Waals surface area contributed by atoms with Gasteiger partial charge in [-0.2, -0.15) is 0 Å². The average Bonchev–Trinajstić information content (AvgIpc) is 2.70. The zero-order valence-corrected chi connectivity index (χ0v) is 10.3. The highest BCUT2D eigenvalue weighted by Crippen LogP contribution is 2.37. The van der Waals surface area contributed by atoms with Gasteiger partial charge in [-0.25, -0.2) is 0 Å². The van der Waals surface area contributed by atoms with Crippen LogP contribution in [-0.2, 0) is 9.53 Å². The fraction of sp³-hybridized carbons (Fsp3) is 0.400. The first-order chi connectivity index (χ1) is 8.20. The lowest BCUT2D eigenvalue weighted by Gasteiger charge is -2.10. The molecule has 2 unspecified atom stereocenters. The van der Waals surface area contributed by atoms with Gasteiger partial charge in [0.1, 0.15) is 0 Å². The van der Waals surface area contributed by atoms with Crippen LogP contribution in [0.4, 0.5) is 0 Å². The molecule has 0 N–H and O–H groups in total. The van der Waals surface area contributed by atoms with Crippen molar-refractivity contribution in [3.05, 3.63) is 41.5 Å². The number of benzene rings is 1. The molecule has 2 atom stereocenters. The smallest absolute Gasteiger partial charge is 0.309 e. The van der Waals surface area contributed by atoms with E-state index >= 15 is 0 Å². The van der Waals surface area contributed by atoms with Crippen molar-refractivity contribution < 1.29 is 9.53 Å². The van der Waals surface area contributed by atoms with Gasteiger partial charge in [-0.1, -0.05) is 48.9 Å². The fourth-order valence-electron chi connectivity index (χ4n) is 2.49. The van der Waals surface area contributed by atoms with Crippen LogP contribution in [0, 0.1) is 11.8 Å². The summed E-state index contributed by atoms with van der Waals surface area (Å²) in [5, 5.41) is 0. The van der Waals surface area contributed by atoms with Gasteiger partial charge in [0.2, 0.25) is 0 Å². The molecule has 1 fully saturated rings. The third-order valence-electron chi connectivity index (χ3n) is 3.43. The number of esters is 1. The molecule has 0 amide bonds. The molecule has 2 heteroatoms. The van der Waals surface area contributed by atoms with Crippen molar-refractivity contribution in [2.45, 2.75) is 19.8 Å². The zero-order chi connectivity index (χ0) is 12.3. The van der Waals surface area contributed by atoms with Gasteiger partial charge >= 0.3 is 5.97 Å². The van der Waals surface area contributed by atoms with Crippen LogP contribution in [0.5, 0.6) is 0 Å². The molecule has 0 spiro atoms. The topological polar surface area (TPSA) is 26.3 Å². The number of carbonyl (C=O) groups excluding carboxylic acids is 1. The lowest BCUT2D eigenvalue weighted by atomic mass is 9.99. The number of hydrogen-bond acceptors (Lipinski definition) is 2. The van der Waals surface area contributed by atoms with Crippen molar-refractivity contribution >= 4 is 12.0 Å². The van der Waals surface area contributed by atoms with E-state index in [0.717, 1.165) is 12.8 Å². The van der Waals surface area contributed by atoms with E-state index in [0.29, 0.717) is 5.92 Å². The van der Waals surface area contributed by atoms with Crippen LogP contribution in [-0.4, -0.2) is 13.1 Å². The molecule has 1 aromatic rings. The molecule has 1 aliphatic rings. The normalized spacial score (nSPS) is 26.1. The fourth-order valence-corrected chi connectivity index (χ4v) is 2.49. The molecular formula is C15H18O2. The Hall–Kier alpha value is -1.57. The number of methoxy groups -OCH3 is 1. The van der Waals surface area contributed by atoms with E-state index in [2.05, 4.69) is 25.1 Å². The van der Waals surface area contributed by atoms with Gasteiger partial charge in [0, 0.05) is 0 Å². The van der Waals surface area contributed by atoms with Crippen molar-refractivity contribution in [1.82, 2.24) is 0 Å². The summed E-state index contributed by atoms with van der Waals surface area (Å²) < 4.78 is 4.84. The number of allylic oxidation sites excluding steroid dienone is 1. The maximum Gasteiger partial charge on any atom is 0.309 e. The molecule has 0 bridgehead atoms. The van der Waals surface area contributed by atoms with Crippen molar-refractivity contribution in [3.8, 4) is 0 Å². The van der Waals surface area contributed by atoms with E-state index < -0.39 is 0 Å². The molecule has 17 heavy (non-hydrogen) atoms. The van der Waals surface area contributed by atoms with Crippen LogP contribution in [0.1, 0.15) is 25.3 Å². The van der Waals surface area contributed by atoms with Crippen LogP contribution < -0.4 is 0 Å². The average molecular weight is 230 g/mol. The van der Waals surface area contributed by atoms with Crippen LogP contribution in [0.25, 0.3) is 6.08 Å². The molecule has 90 valence electrons. The minimum absolute atomic E-state index is 0.0370. The summed E-state index contributed by atoms with van der Waals surface area (Å²) in [6, 6.07) is 10.2. The molecule has 2 nitrogen and oxygen atoms in total. The summed E-state index contributed by atoms with van der Waals surface area (Å²) >= 11 is 0. The van der Waals surface area contributed by atoms with Gasteiger partial charge < -0.3 is 4.74 Å². The second-order valence-corrected chi connectivity index (χ2v) is 4.73. The highest BCUT2D eigenvalue weighted by atomic mass is 16.5. The van der Waals surface area contributed by atoms with E-state index in [1.54, 1.807) is 0 Å². The van der Waals surface area contributed by atoms with Gasteiger partial charge in [0.05, 0.1) is 13.0 Å². The summed E-state index contributed by atoms with van der Waals surface area (Å²) in [6.07, 6.45) is 4.02. The van der Waals surface area contributed by atoms with Crippen molar-refractivity contribution in [2.24, 2.45) is 11.8 Å². The van der Waals surface area contributed by atoms with Gasteiger partial charge in [0.15, 0.2) is 0 Å². The van der Waals surface area contributed by atoms with E-state index in [1.807, 2.05) is 18.2 Å². The third kappa shape index (κ3) is 2.76. The predicted molar refractivity (Wildman–Crippen MR) is 68.3 cm³/mol. The lowest BCUT2D eigenvalue weighted by Crippen LogP contribution is -2.18. The Kier molecular flexibility index (Phi) is 3.62. The molecular weight excluding hydrogens is 212 g/mol. The Labute approximate surface area is 102 Å². The quantitative estimate of drug-likeness (QED) is 0.729. The number of rotatable bonds is 2. The Morgan fingerprint density at radius 1 is 1.29 bits per heavy atom. The SMILES string of the molecule is COC(=O)C1C/C(=C\c2ccccc2)CC1C. The first-order valence-electron chi connectivity index (χ1n) is 6.03. The zero-order valence-electron chi connectivity index (χ0n) is 10.3. The van der Waals surface area contributed by atoms with E-state index in [9.17, 15) is 4.79 Å². The van der Waals surface area contributed by atoms with Crippen LogP contribution >= 0.6 is 0 Å². The molecule has 0 aromatic heterocycles. The molecule has 1 saturated carbocycles. The van der Waals surface area contributed by atoms with Crippen molar-refractivity contribution in [3.63, 3.8) is 0 Å². The largest absolute Gasteiger partial charge is 0.469 e. The third-order valence-corrected chi connectivity index (χ3v) is 3.43. The molecule has 0 heterocycles. The molecule has 0 radical (unpaired) electrons. The first kappa shape index (κ1) is 11.9. The Morgan fingerprint density at radius 3 is 2.65 bits per heavy atom. The highest BCUT2D eigenvalue weighted by molar-refractivity contribution is 5.74. The maximum absolute atomic E-state index is 11.6. The van der Waals surface area contributed by atoms with Crippen LogP contribution in [0.3, 0.4) is 0 Å². The Bertz CT molecular complexity index is 420. The first-order valence-corrected chi connectivity index (χ1v) is 6.03. The Balaban J connectivity index is 2.11. The van der Waals surface area contributed by atoms with Gasteiger partial charge in [-0.15, -0.1) is 0 Å². The van der Waals surface area contributed by atoms with E-state index in [1.165, 1.54) is 18.2 Å². The minimum atomic E-state index is -0.0750. The number of ether oxygens (including phenoxy) is 1. The maximum atomic E-state index is 11.6. The molecule has 0 aliphatic heterocycles. The number of carbonyl (C=O) groups is 1. The van der Waals surface area contributed by atoms with Gasteiger partial charge in [-0.05, 0) is 24.3 Å². The van der Waals surface area contributed by atoms with Gasteiger partial charge in [-0.3, -0.25) is 4.79 Å². The minimum Gasteiger partial charge on any atom is -0.469 e. The van der Waals surface area contributed by atoms with Crippen molar-refractivity contribution in [1.29, 1.82) is 0 Å². The summed E-state index contributed by atoms with van der Waals surface area (Å²) in [7, 11) is 1.47.